The Morgan fingerprint density at radius 1 is 1.50 bits per heavy atom. The quantitative estimate of drug-likeness (QED) is 0.795. The lowest BCUT2D eigenvalue weighted by Gasteiger charge is -2.28. The van der Waals surface area contributed by atoms with Crippen LogP contribution < -0.4 is 10.5 Å². The summed E-state index contributed by atoms with van der Waals surface area (Å²) < 4.78 is 11.9. The average molecular weight is 344 g/mol. The van der Waals surface area contributed by atoms with Gasteiger partial charge in [-0.1, -0.05) is 15.9 Å². The highest BCUT2D eigenvalue weighted by molar-refractivity contribution is 9.10. The molecule has 0 amide bonds. The molecule has 0 saturated heterocycles. The van der Waals surface area contributed by atoms with E-state index in [4.69, 9.17) is 15.2 Å². The summed E-state index contributed by atoms with van der Waals surface area (Å²) >= 11 is 3.53. The molecule has 0 aromatic heterocycles. The van der Waals surface area contributed by atoms with Crippen molar-refractivity contribution in [3.63, 3.8) is 0 Å². The lowest BCUT2D eigenvalue weighted by molar-refractivity contribution is -0.0378. The van der Waals surface area contributed by atoms with Crippen molar-refractivity contribution < 1.29 is 14.6 Å². The number of benzene rings is 1. The molecule has 0 spiro atoms. The Hall–Kier alpha value is -0.620. The summed E-state index contributed by atoms with van der Waals surface area (Å²) in [6, 6.07) is 4.11. The van der Waals surface area contributed by atoms with Gasteiger partial charge in [0.05, 0.1) is 18.8 Å². The monoisotopic (exact) mass is 343 g/mol. The summed E-state index contributed by atoms with van der Waals surface area (Å²) in [6.45, 7) is 1.58. The smallest absolute Gasteiger partial charge is 0.125 e. The second-order valence-electron chi connectivity index (χ2n) is 5.38. The molecule has 4 nitrogen and oxygen atoms in total. The summed E-state index contributed by atoms with van der Waals surface area (Å²) in [6.07, 6.45) is 2.84. The number of nitrogens with two attached hydrogens (primary N) is 1. The topological polar surface area (TPSA) is 64.7 Å². The van der Waals surface area contributed by atoms with Crippen molar-refractivity contribution in [2.45, 2.75) is 31.3 Å². The normalized spacial score (nSPS) is 16.6. The zero-order valence-corrected chi connectivity index (χ0v) is 13.4. The molecule has 1 aliphatic heterocycles. The fourth-order valence-electron chi connectivity index (χ4n) is 2.74. The molecule has 112 valence electrons. The van der Waals surface area contributed by atoms with E-state index in [1.807, 2.05) is 6.07 Å². The minimum Gasteiger partial charge on any atom is -0.493 e. The van der Waals surface area contributed by atoms with Crippen molar-refractivity contribution >= 4 is 15.9 Å². The fraction of sp³-hybridized carbons (Fsp3) is 0.600. The van der Waals surface area contributed by atoms with E-state index in [0.29, 0.717) is 32.6 Å². The third-order valence-electron chi connectivity index (χ3n) is 3.60. The van der Waals surface area contributed by atoms with Crippen molar-refractivity contribution in [2.24, 2.45) is 5.73 Å². The number of halogens is 1. The first kappa shape index (κ1) is 15.8. The molecule has 2 rings (SSSR count). The highest BCUT2D eigenvalue weighted by Gasteiger charge is 2.30. The summed E-state index contributed by atoms with van der Waals surface area (Å²) in [7, 11) is 1.61. The molecule has 0 aliphatic carbocycles. The van der Waals surface area contributed by atoms with Crippen LogP contribution in [0.1, 0.15) is 24.0 Å². The van der Waals surface area contributed by atoms with E-state index in [1.165, 1.54) is 5.56 Å². The van der Waals surface area contributed by atoms with Crippen molar-refractivity contribution in [2.75, 3.05) is 26.9 Å². The largest absolute Gasteiger partial charge is 0.493 e. The summed E-state index contributed by atoms with van der Waals surface area (Å²) in [4.78, 5) is 0. The maximum atomic E-state index is 10.8. The molecule has 1 heterocycles. The Kier molecular flexibility index (Phi) is 5.43. The van der Waals surface area contributed by atoms with Crippen LogP contribution in [0.4, 0.5) is 0 Å². The maximum Gasteiger partial charge on any atom is 0.125 e. The van der Waals surface area contributed by atoms with Crippen LogP contribution in [0.5, 0.6) is 5.75 Å². The molecule has 5 heteroatoms. The molecule has 1 aliphatic rings. The number of fused-ring (bicyclic) bond motifs is 1. The summed E-state index contributed by atoms with van der Waals surface area (Å²) in [5, 5.41) is 10.8. The number of rotatable bonds is 7. The van der Waals surface area contributed by atoms with Crippen LogP contribution in [0, 0.1) is 0 Å². The predicted molar refractivity (Wildman–Crippen MR) is 82.2 cm³/mol. The van der Waals surface area contributed by atoms with Gasteiger partial charge in [-0.25, -0.2) is 0 Å². The Morgan fingerprint density at radius 2 is 2.30 bits per heavy atom. The first-order valence-corrected chi connectivity index (χ1v) is 7.73. The van der Waals surface area contributed by atoms with Crippen molar-refractivity contribution in [3.8, 4) is 5.75 Å². The Morgan fingerprint density at radius 3 is 3.00 bits per heavy atom. The van der Waals surface area contributed by atoms with Crippen molar-refractivity contribution in [1.82, 2.24) is 0 Å². The third kappa shape index (κ3) is 3.73. The summed E-state index contributed by atoms with van der Waals surface area (Å²) in [5.41, 5.74) is 6.89. The molecular weight excluding hydrogens is 322 g/mol. The minimum atomic E-state index is -0.894. The van der Waals surface area contributed by atoms with Crippen molar-refractivity contribution in [1.29, 1.82) is 0 Å². The Labute approximate surface area is 128 Å². The molecular formula is C15H22BrNO3. The maximum absolute atomic E-state index is 10.8. The van der Waals surface area contributed by atoms with Gasteiger partial charge < -0.3 is 20.3 Å². The lowest BCUT2D eigenvalue weighted by Crippen LogP contribution is -2.37. The van der Waals surface area contributed by atoms with E-state index in [-0.39, 0.29) is 0 Å². The van der Waals surface area contributed by atoms with Gasteiger partial charge in [-0.15, -0.1) is 0 Å². The zero-order chi connectivity index (χ0) is 14.6. The van der Waals surface area contributed by atoms with Gasteiger partial charge in [0, 0.05) is 24.4 Å². The first-order valence-electron chi connectivity index (χ1n) is 6.93. The third-order valence-corrected chi connectivity index (χ3v) is 4.06. The zero-order valence-electron chi connectivity index (χ0n) is 11.8. The highest BCUT2D eigenvalue weighted by Crippen LogP contribution is 2.35. The fourth-order valence-corrected chi connectivity index (χ4v) is 3.30. The minimum absolute atomic E-state index is 0.300. The average Bonchev–Trinajstić information content (AvgIpc) is 2.85. The Bertz CT molecular complexity index is 467. The first-order chi connectivity index (χ1) is 9.58. The van der Waals surface area contributed by atoms with Gasteiger partial charge in [-0.3, -0.25) is 0 Å². The molecule has 0 fully saturated rings. The van der Waals surface area contributed by atoms with Gasteiger partial charge in [0.15, 0.2) is 0 Å². The molecule has 1 aromatic carbocycles. The van der Waals surface area contributed by atoms with Crippen LogP contribution in [-0.4, -0.2) is 37.6 Å². The number of hydrogen-bond acceptors (Lipinski definition) is 4. The van der Waals surface area contributed by atoms with Gasteiger partial charge in [-0.05, 0) is 42.6 Å². The van der Waals surface area contributed by atoms with Gasteiger partial charge in [-0.2, -0.15) is 0 Å². The second-order valence-corrected chi connectivity index (χ2v) is 6.29. The molecule has 1 aromatic rings. The SMILES string of the molecule is COCC(O)(CCCN)Cc1cc(Br)cc2c1OCC2. The molecule has 0 radical (unpaired) electrons. The van der Waals surface area contributed by atoms with E-state index in [1.54, 1.807) is 7.11 Å². The number of hydrogen-bond donors (Lipinski definition) is 2. The summed E-state index contributed by atoms with van der Waals surface area (Å²) in [5.74, 6) is 0.926. The number of aliphatic hydroxyl groups is 1. The molecule has 1 atom stereocenters. The van der Waals surface area contributed by atoms with Crippen molar-refractivity contribution in [3.05, 3.63) is 27.7 Å². The molecule has 0 saturated carbocycles. The van der Waals surface area contributed by atoms with Crippen LogP contribution in [0.25, 0.3) is 0 Å². The van der Waals surface area contributed by atoms with Gasteiger partial charge in [0.25, 0.3) is 0 Å². The number of ether oxygens (including phenoxy) is 2. The Balaban J connectivity index is 2.22. The van der Waals surface area contributed by atoms with Crippen LogP contribution in [0.2, 0.25) is 0 Å². The van der Waals surface area contributed by atoms with Crippen LogP contribution in [0.3, 0.4) is 0 Å². The predicted octanol–water partition coefficient (Wildman–Crippen LogP) is 2.04. The van der Waals surface area contributed by atoms with Gasteiger partial charge in [0.1, 0.15) is 5.75 Å². The van der Waals surface area contributed by atoms with E-state index in [9.17, 15) is 5.11 Å². The van der Waals surface area contributed by atoms with E-state index in [2.05, 4.69) is 22.0 Å². The molecule has 0 bridgehead atoms. The standard InChI is InChI=1S/C15H22BrNO3/c1-19-10-15(18,4-2-5-17)9-12-8-13(16)7-11-3-6-20-14(11)12/h7-8,18H,2-6,9-10,17H2,1H3. The molecule has 20 heavy (non-hydrogen) atoms. The second kappa shape index (κ2) is 6.89. The van der Waals surface area contributed by atoms with Gasteiger partial charge in [0.2, 0.25) is 0 Å². The van der Waals surface area contributed by atoms with E-state index < -0.39 is 5.60 Å². The van der Waals surface area contributed by atoms with Crippen LogP contribution in [0.15, 0.2) is 16.6 Å². The van der Waals surface area contributed by atoms with E-state index >= 15 is 0 Å². The number of methoxy groups -OCH3 is 1. The van der Waals surface area contributed by atoms with Crippen LogP contribution >= 0.6 is 15.9 Å². The molecule has 1 unspecified atom stereocenters. The van der Waals surface area contributed by atoms with Crippen LogP contribution in [-0.2, 0) is 17.6 Å². The highest BCUT2D eigenvalue weighted by atomic mass is 79.9. The molecule has 3 N–H and O–H groups in total. The van der Waals surface area contributed by atoms with Gasteiger partial charge >= 0.3 is 0 Å². The van der Waals surface area contributed by atoms with E-state index in [0.717, 1.165) is 28.6 Å². The lowest BCUT2D eigenvalue weighted by atomic mass is 9.89.